The van der Waals surface area contributed by atoms with Crippen molar-refractivity contribution in [2.45, 2.75) is 11.3 Å². The molecule has 1 heterocycles. The van der Waals surface area contributed by atoms with Gasteiger partial charge < -0.3 is 16.4 Å². The first kappa shape index (κ1) is 23.8. The predicted molar refractivity (Wildman–Crippen MR) is 114 cm³/mol. The maximum Gasteiger partial charge on any atom is 0.416 e. The fourth-order valence-corrected chi connectivity index (χ4v) is 3.22. The minimum absolute atomic E-state index is 0.0449. The first-order valence-electron chi connectivity index (χ1n) is 9.09. The number of aromatic nitrogens is 2. The summed E-state index contributed by atoms with van der Waals surface area (Å²) in [5.41, 5.74) is 3.73. The number of hydrogen-bond donors (Lipinski definition) is 4. The quantitative estimate of drug-likeness (QED) is 0.242. The van der Waals surface area contributed by atoms with Crippen molar-refractivity contribution in [2.24, 2.45) is 0 Å². The number of benzene rings is 2. The fraction of sp³-hybridized carbons (Fsp3) is 0.100. The Kier molecular flexibility index (Phi) is 7.01. The van der Waals surface area contributed by atoms with Gasteiger partial charge in [-0.3, -0.25) is 19.4 Å². The molecule has 33 heavy (non-hydrogen) atoms. The lowest BCUT2D eigenvalue weighted by atomic mass is 10.2. The molecular weight excluding hydrogens is 466 g/mol. The van der Waals surface area contributed by atoms with E-state index in [1.807, 2.05) is 0 Å². The van der Waals surface area contributed by atoms with E-state index in [0.717, 1.165) is 42.1 Å². The van der Waals surface area contributed by atoms with Crippen molar-refractivity contribution >= 4 is 40.8 Å². The third-order valence-corrected chi connectivity index (χ3v) is 4.96. The van der Waals surface area contributed by atoms with E-state index in [1.165, 1.54) is 18.2 Å². The highest BCUT2D eigenvalue weighted by atomic mass is 32.2. The molecule has 0 radical (unpaired) electrons. The van der Waals surface area contributed by atoms with Crippen molar-refractivity contribution < 1.29 is 27.2 Å². The number of halogens is 4. The lowest BCUT2D eigenvalue weighted by Gasteiger charge is -2.10. The first-order chi connectivity index (χ1) is 15.5. The highest BCUT2D eigenvalue weighted by Gasteiger charge is 2.30. The number of nitrogens with one attached hydrogen (secondary N) is 3. The number of nitrogens with two attached hydrogens (primary N) is 1. The minimum atomic E-state index is -4.55. The van der Waals surface area contributed by atoms with E-state index in [4.69, 9.17) is 5.73 Å². The summed E-state index contributed by atoms with van der Waals surface area (Å²) in [6, 6.07) is 8.71. The number of nitrogen functional groups attached to an aromatic ring is 1. The topological polar surface area (TPSA) is 130 Å². The Balaban J connectivity index is 1.63. The van der Waals surface area contributed by atoms with Crippen LogP contribution in [0.3, 0.4) is 0 Å². The van der Waals surface area contributed by atoms with E-state index in [2.05, 4.69) is 20.6 Å². The van der Waals surface area contributed by atoms with Crippen LogP contribution in [0.25, 0.3) is 0 Å². The lowest BCUT2D eigenvalue weighted by Crippen LogP contribution is -2.23. The molecule has 172 valence electrons. The number of carbonyl (C=O) groups is 2. The number of amides is 2. The molecule has 0 saturated heterocycles. The maximum absolute atomic E-state index is 13.0. The molecule has 5 N–H and O–H groups in total. The highest BCUT2D eigenvalue weighted by Crippen LogP contribution is 2.30. The van der Waals surface area contributed by atoms with Crippen molar-refractivity contribution in [3.8, 4) is 0 Å². The van der Waals surface area contributed by atoms with Gasteiger partial charge in [0.2, 0.25) is 5.91 Å². The minimum Gasteiger partial charge on any atom is -0.382 e. The Labute approximate surface area is 187 Å². The van der Waals surface area contributed by atoms with E-state index < -0.39 is 34.9 Å². The molecule has 0 atom stereocenters. The third kappa shape index (κ3) is 6.32. The molecule has 0 fully saturated rings. The van der Waals surface area contributed by atoms with Crippen LogP contribution in [0.15, 0.2) is 58.5 Å². The number of thioether (sulfide) groups is 1. The van der Waals surface area contributed by atoms with Gasteiger partial charge in [-0.15, -0.1) is 0 Å². The average molecular weight is 481 g/mol. The molecule has 0 bridgehead atoms. The van der Waals surface area contributed by atoms with Gasteiger partial charge in [-0.1, -0.05) is 17.8 Å². The molecule has 0 aliphatic carbocycles. The summed E-state index contributed by atoms with van der Waals surface area (Å²) in [5.74, 6) is -2.51. The van der Waals surface area contributed by atoms with Gasteiger partial charge in [0.25, 0.3) is 11.5 Å². The van der Waals surface area contributed by atoms with Crippen molar-refractivity contribution in [1.29, 1.82) is 0 Å². The number of hydrogen-bond acceptors (Lipinski definition) is 6. The van der Waals surface area contributed by atoms with E-state index in [9.17, 15) is 31.9 Å². The molecule has 0 spiro atoms. The van der Waals surface area contributed by atoms with Gasteiger partial charge in [0.1, 0.15) is 11.5 Å². The Morgan fingerprint density at radius 3 is 2.42 bits per heavy atom. The Bertz CT molecular complexity index is 1250. The SMILES string of the molecule is Nc1nc(SCC(=O)Nc2cccc(C(F)(F)F)c2)[nH]c(=O)c1NC(=O)c1ccc(F)cc1. The second-order valence-electron chi connectivity index (χ2n) is 6.51. The van der Waals surface area contributed by atoms with Crippen molar-refractivity contribution in [3.05, 3.63) is 75.8 Å². The van der Waals surface area contributed by atoms with E-state index in [1.54, 1.807) is 0 Å². The van der Waals surface area contributed by atoms with Crippen LogP contribution in [-0.2, 0) is 11.0 Å². The number of aromatic amines is 1. The summed E-state index contributed by atoms with van der Waals surface area (Å²) in [6.45, 7) is 0. The van der Waals surface area contributed by atoms with E-state index in [-0.39, 0.29) is 33.7 Å². The van der Waals surface area contributed by atoms with Crippen LogP contribution in [-0.4, -0.2) is 27.5 Å². The fourth-order valence-electron chi connectivity index (χ4n) is 2.55. The zero-order chi connectivity index (χ0) is 24.2. The standard InChI is InChI=1S/C20H15F4N5O3S/c21-12-6-4-10(5-7-12)17(31)27-15-16(25)28-19(29-18(15)32)33-9-14(30)26-13-3-1-2-11(8-13)20(22,23)24/h1-8H,9H2,(H,26,30)(H,27,31)(H3,25,28,29,32). The molecule has 2 amide bonds. The van der Waals surface area contributed by atoms with Crippen LogP contribution < -0.4 is 21.9 Å². The van der Waals surface area contributed by atoms with Crippen molar-refractivity contribution in [1.82, 2.24) is 9.97 Å². The molecule has 8 nitrogen and oxygen atoms in total. The smallest absolute Gasteiger partial charge is 0.382 e. The second-order valence-corrected chi connectivity index (χ2v) is 7.47. The first-order valence-corrected chi connectivity index (χ1v) is 10.1. The van der Waals surface area contributed by atoms with E-state index >= 15 is 0 Å². The Morgan fingerprint density at radius 1 is 1.09 bits per heavy atom. The van der Waals surface area contributed by atoms with Crippen LogP contribution in [0.4, 0.5) is 34.8 Å². The molecule has 0 saturated carbocycles. The number of H-pyrrole nitrogens is 1. The molecule has 2 aromatic carbocycles. The Morgan fingerprint density at radius 2 is 1.79 bits per heavy atom. The molecule has 0 aliphatic rings. The lowest BCUT2D eigenvalue weighted by molar-refractivity contribution is -0.137. The largest absolute Gasteiger partial charge is 0.416 e. The summed E-state index contributed by atoms with van der Waals surface area (Å²) >= 11 is 0.776. The van der Waals surface area contributed by atoms with Gasteiger partial charge in [0, 0.05) is 11.3 Å². The summed E-state index contributed by atoms with van der Waals surface area (Å²) in [4.78, 5) is 42.8. The van der Waals surface area contributed by atoms with Gasteiger partial charge in [-0.2, -0.15) is 13.2 Å². The number of anilines is 3. The van der Waals surface area contributed by atoms with Gasteiger partial charge in [0.15, 0.2) is 11.0 Å². The van der Waals surface area contributed by atoms with Crippen LogP contribution in [0, 0.1) is 5.82 Å². The summed E-state index contributed by atoms with van der Waals surface area (Å²) in [7, 11) is 0. The van der Waals surface area contributed by atoms with Crippen LogP contribution >= 0.6 is 11.8 Å². The zero-order valence-electron chi connectivity index (χ0n) is 16.5. The molecule has 3 aromatic rings. The monoisotopic (exact) mass is 481 g/mol. The molecular formula is C20H15F4N5O3S. The van der Waals surface area contributed by atoms with Crippen LogP contribution in [0.2, 0.25) is 0 Å². The van der Waals surface area contributed by atoms with Crippen molar-refractivity contribution in [3.63, 3.8) is 0 Å². The number of carbonyl (C=O) groups excluding carboxylic acids is 2. The third-order valence-electron chi connectivity index (χ3n) is 4.08. The van der Waals surface area contributed by atoms with Gasteiger partial charge >= 0.3 is 6.18 Å². The second kappa shape index (κ2) is 9.73. The maximum atomic E-state index is 13.0. The normalized spacial score (nSPS) is 11.2. The summed E-state index contributed by atoms with van der Waals surface area (Å²) in [6.07, 6.45) is -4.55. The highest BCUT2D eigenvalue weighted by molar-refractivity contribution is 7.99. The Hall–Kier alpha value is -3.87. The van der Waals surface area contributed by atoms with Crippen molar-refractivity contribution in [2.75, 3.05) is 22.1 Å². The van der Waals surface area contributed by atoms with Crippen LogP contribution in [0.5, 0.6) is 0 Å². The molecule has 1 aromatic heterocycles. The van der Waals surface area contributed by atoms with E-state index in [0.29, 0.717) is 0 Å². The van der Waals surface area contributed by atoms with Crippen LogP contribution in [0.1, 0.15) is 15.9 Å². The van der Waals surface area contributed by atoms with Gasteiger partial charge in [-0.25, -0.2) is 9.37 Å². The number of alkyl halides is 3. The molecule has 3 rings (SSSR count). The molecule has 0 aliphatic heterocycles. The molecule has 0 unspecified atom stereocenters. The number of nitrogens with zero attached hydrogens (tertiary/aromatic N) is 1. The average Bonchev–Trinajstić information content (AvgIpc) is 2.75. The predicted octanol–water partition coefficient (Wildman–Crippen LogP) is 3.49. The van der Waals surface area contributed by atoms with Gasteiger partial charge in [-0.05, 0) is 42.5 Å². The number of rotatable bonds is 6. The summed E-state index contributed by atoms with van der Waals surface area (Å²) in [5, 5.41) is 4.56. The molecule has 13 heteroatoms. The zero-order valence-corrected chi connectivity index (χ0v) is 17.3. The summed E-state index contributed by atoms with van der Waals surface area (Å²) < 4.78 is 51.3. The van der Waals surface area contributed by atoms with Gasteiger partial charge in [0.05, 0.1) is 11.3 Å².